The SMILES string of the molecule is O=C1c2ccccc2C(=O)N1CCCCN(C(=O)c1ccc(S(=O)(=O)N2CCCCC2)cc1)c1ccc(Cl)cc1. The standard InChI is InChI=1S/C30H30ClN3O5S/c31-23-12-14-24(15-13-23)33(20-6-7-21-34-29(36)26-8-2-3-9-27(26)30(34)37)28(35)22-10-16-25(17-11-22)40(38,39)32-18-4-1-5-19-32/h2-3,8-17H,1,4-7,18-21H2. The van der Waals surface area contributed by atoms with Crippen LogP contribution in [0.15, 0.2) is 77.7 Å². The molecule has 8 nitrogen and oxygen atoms in total. The van der Waals surface area contributed by atoms with Crippen LogP contribution in [0.2, 0.25) is 5.02 Å². The van der Waals surface area contributed by atoms with Gasteiger partial charge in [-0.3, -0.25) is 19.3 Å². The summed E-state index contributed by atoms with van der Waals surface area (Å²) in [6.07, 6.45) is 3.76. The summed E-state index contributed by atoms with van der Waals surface area (Å²) in [6.45, 7) is 1.59. The lowest BCUT2D eigenvalue weighted by atomic mass is 10.1. The molecule has 2 heterocycles. The van der Waals surface area contributed by atoms with Crippen molar-refractivity contribution in [3.05, 3.63) is 94.5 Å². The first kappa shape index (κ1) is 28.0. The lowest BCUT2D eigenvalue weighted by Gasteiger charge is -2.26. The second-order valence-corrected chi connectivity index (χ2v) is 12.3. The number of sulfonamides is 1. The summed E-state index contributed by atoms with van der Waals surface area (Å²) in [5, 5.41) is 0.536. The average Bonchev–Trinajstić information content (AvgIpc) is 3.23. The number of carbonyl (C=O) groups excluding carboxylic acids is 3. The van der Waals surface area contributed by atoms with Crippen molar-refractivity contribution in [2.45, 2.75) is 37.0 Å². The third kappa shape index (κ3) is 5.68. The number of benzene rings is 3. The highest BCUT2D eigenvalue weighted by Gasteiger charge is 2.34. The second-order valence-electron chi connectivity index (χ2n) is 9.94. The van der Waals surface area contributed by atoms with Gasteiger partial charge in [-0.15, -0.1) is 0 Å². The van der Waals surface area contributed by atoms with Gasteiger partial charge in [0.15, 0.2) is 0 Å². The van der Waals surface area contributed by atoms with Crippen LogP contribution in [0.4, 0.5) is 5.69 Å². The van der Waals surface area contributed by atoms with E-state index in [2.05, 4.69) is 0 Å². The van der Waals surface area contributed by atoms with Gasteiger partial charge in [0.1, 0.15) is 0 Å². The van der Waals surface area contributed by atoms with E-state index in [1.165, 1.54) is 21.3 Å². The van der Waals surface area contributed by atoms with Crippen molar-refractivity contribution >= 4 is 45.0 Å². The topological polar surface area (TPSA) is 95.1 Å². The molecule has 10 heteroatoms. The van der Waals surface area contributed by atoms with Crippen LogP contribution in [0.1, 0.15) is 63.2 Å². The maximum absolute atomic E-state index is 13.6. The number of nitrogens with zero attached hydrogens (tertiary/aromatic N) is 3. The minimum absolute atomic E-state index is 0.171. The highest BCUT2D eigenvalue weighted by atomic mass is 35.5. The average molecular weight is 580 g/mol. The number of halogens is 1. The molecule has 3 amide bonds. The van der Waals surface area contributed by atoms with Crippen molar-refractivity contribution < 1.29 is 22.8 Å². The number of imide groups is 1. The van der Waals surface area contributed by atoms with E-state index in [1.807, 2.05) is 0 Å². The number of hydrogen-bond donors (Lipinski definition) is 0. The molecular weight excluding hydrogens is 550 g/mol. The Labute approximate surface area is 239 Å². The molecule has 0 aromatic heterocycles. The van der Waals surface area contributed by atoms with E-state index in [4.69, 9.17) is 11.6 Å². The highest BCUT2D eigenvalue weighted by Crippen LogP contribution is 2.25. The van der Waals surface area contributed by atoms with Crippen LogP contribution in [0.5, 0.6) is 0 Å². The maximum atomic E-state index is 13.6. The zero-order chi connectivity index (χ0) is 28.3. The third-order valence-electron chi connectivity index (χ3n) is 7.33. The Bertz CT molecular complexity index is 1480. The molecule has 0 unspecified atom stereocenters. The number of piperidine rings is 1. The molecule has 5 rings (SSSR count). The summed E-state index contributed by atoms with van der Waals surface area (Å²) in [7, 11) is -3.60. The van der Waals surface area contributed by atoms with Gasteiger partial charge in [0.05, 0.1) is 16.0 Å². The van der Waals surface area contributed by atoms with Crippen molar-refractivity contribution in [1.82, 2.24) is 9.21 Å². The molecule has 40 heavy (non-hydrogen) atoms. The Morgan fingerprint density at radius 2 is 1.40 bits per heavy atom. The smallest absolute Gasteiger partial charge is 0.261 e. The monoisotopic (exact) mass is 579 g/mol. The molecule has 3 aromatic rings. The number of anilines is 1. The van der Waals surface area contributed by atoms with Gasteiger partial charge >= 0.3 is 0 Å². The van der Waals surface area contributed by atoms with Crippen LogP contribution in [0.25, 0.3) is 0 Å². The van der Waals surface area contributed by atoms with Gasteiger partial charge in [-0.1, -0.05) is 30.2 Å². The van der Waals surface area contributed by atoms with Crippen molar-refractivity contribution in [1.29, 1.82) is 0 Å². The predicted molar refractivity (Wildman–Crippen MR) is 153 cm³/mol. The predicted octanol–water partition coefficient (Wildman–Crippen LogP) is 5.24. The minimum Gasteiger partial charge on any atom is -0.308 e. The zero-order valence-electron chi connectivity index (χ0n) is 22.0. The summed E-state index contributed by atoms with van der Waals surface area (Å²) in [4.78, 5) is 42.0. The van der Waals surface area contributed by atoms with E-state index in [0.717, 1.165) is 19.3 Å². The fourth-order valence-corrected chi connectivity index (χ4v) is 6.77. The van der Waals surface area contributed by atoms with E-state index in [-0.39, 0.29) is 29.2 Å². The summed E-state index contributed by atoms with van der Waals surface area (Å²) in [6, 6.07) is 19.7. The van der Waals surface area contributed by atoms with Crippen LogP contribution < -0.4 is 4.90 Å². The molecule has 0 aliphatic carbocycles. The molecule has 0 spiro atoms. The van der Waals surface area contributed by atoms with E-state index in [0.29, 0.717) is 59.9 Å². The number of unbranched alkanes of at least 4 members (excludes halogenated alkanes) is 1. The number of fused-ring (bicyclic) bond motifs is 1. The second kappa shape index (κ2) is 11.9. The number of amides is 3. The molecule has 2 aliphatic rings. The molecule has 0 saturated carbocycles. The van der Waals surface area contributed by atoms with Crippen LogP contribution in [0.3, 0.4) is 0 Å². The quantitative estimate of drug-likeness (QED) is 0.255. The van der Waals surface area contributed by atoms with Gasteiger partial charge in [-0.2, -0.15) is 4.31 Å². The van der Waals surface area contributed by atoms with E-state index in [9.17, 15) is 22.8 Å². The minimum atomic E-state index is -3.60. The van der Waals surface area contributed by atoms with Gasteiger partial charge < -0.3 is 4.90 Å². The fraction of sp³-hybridized carbons (Fsp3) is 0.300. The Hall–Kier alpha value is -3.53. The van der Waals surface area contributed by atoms with Gasteiger partial charge in [-0.05, 0) is 86.3 Å². The van der Waals surface area contributed by atoms with Crippen LogP contribution in [-0.2, 0) is 10.0 Å². The molecule has 2 aliphatic heterocycles. The van der Waals surface area contributed by atoms with Crippen molar-refractivity contribution in [2.75, 3.05) is 31.1 Å². The lowest BCUT2D eigenvalue weighted by molar-refractivity contribution is 0.0651. The van der Waals surface area contributed by atoms with Gasteiger partial charge in [0.2, 0.25) is 10.0 Å². The fourth-order valence-electron chi connectivity index (χ4n) is 5.13. The molecule has 0 bridgehead atoms. The van der Waals surface area contributed by atoms with Crippen LogP contribution in [-0.4, -0.2) is 61.5 Å². The largest absolute Gasteiger partial charge is 0.308 e. The number of hydrogen-bond acceptors (Lipinski definition) is 5. The van der Waals surface area contributed by atoms with Crippen LogP contribution >= 0.6 is 11.6 Å². The summed E-state index contributed by atoms with van der Waals surface area (Å²) < 4.78 is 27.5. The lowest BCUT2D eigenvalue weighted by Crippen LogP contribution is -2.35. The Balaban J connectivity index is 1.27. The van der Waals surface area contributed by atoms with Gasteiger partial charge in [-0.25, -0.2) is 8.42 Å². The third-order valence-corrected chi connectivity index (χ3v) is 9.49. The molecule has 1 saturated heterocycles. The van der Waals surface area contributed by atoms with E-state index >= 15 is 0 Å². The molecule has 0 N–H and O–H groups in total. The van der Waals surface area contributed by atoms with Crippen molar-refractivity contribution in [2.24, 2.45) is 0 Å². The first-order chi connectivity index (χ1) is 19.3. The zero-order valence-corrected chi connectivity index (χ0v) is 23.5. The van der Waals surface area contributed by atoms with Crippen molar-refractivity contribution in [3.63, 3.8) is 0 Å². The Morgan fingerprint density at radius 1 is 0.800 bits per heavy atom. The first-order valence-electron chi connectivity index (χ1n) is 13.4. The van der Waals surface area contributed by atoms with Gasteiger partial charge in [0.25, 0.3) is 17.7 Å². The summed E-state index contributed by atoms with van der Waals surface area (Å²) >= 11 is 6.07. The highest BCUT2D eigenvalue weighted by molar-refractivity contribution is 7.89. The van der Waals surface area contributed by atoms with E-state index in [1.54, 1.807) is 65.6 Å². The first-order valence-corrected chi connectivity index (χ1v) is 15.2. The molecular formula is C30H30ClN3O5S. The maximum Gasteiger partial charge on any atom is 0.261 e. The summed E-state index contributed by atoms with van der Waals surface area (Å²) in [5.41, 5.74) is 1.82. The molecule has 0 radical (unpaired) electrons. The molecule has 0 atom stereocenters. The number of rotatable bonds is 9. The summed E-state index contributed by atoms with van der Waals surface area (Å²) in [5.74, 6) is -0.887. The van der Waals surface area contributed by atoms with Crippen LogP contribution in [0, 0.1) is 0 Å². The molecule has 3 aromatic carbocycles. The Kier molecular flexibility index (Phi) is 8.35. The van der Waals surface area contributed by atoms with E-state index < -0.39 is 10.0 Å². The normalized spacial score (nSPS) is 15.8. The molecule has 208 valence electrons. The Morgan fingerprint density at radius 3 is 2.00 bits per heavy atom. The van der Waals surface area contributed by atoms with Gasteiger partial charge in [0, 0.05) is 42.5 Å². The van der Waals surface area contributed by atoms with Crippen molar-refractivity contribution in [3.8, 4) is 0 Å². The number of carbonyl (C=O) groups is 3. The molecule has 1 fully saturated rings.